The lowest BCUT2D eigenvalue weighted by Crippen LogP contribution is -2.46. The van der Waals surface area contributed by atoms with Gasteiger partial charge < -0.3 is 14.4 Å². The van der Waals surface area contributed by atoms with Gasteiger partial charge in [-0.2, -0.15) is 4.98 Å². The topological polar surface area (TPSA) is 75.0 Å². The predicted molar refractivity (Wildman–Crippen MR) is 92.5 cm³/mol. The number of carbonyl (C=O) groups is 1. The van der Waals surface area contributed by atoms with Crippen LogP contribution in [-0.2, 0) is 5.67 Å². The van der Waals surface area contributed by atoms with Crippen LogP contribution in [-0.4, -0.2) is 39.0 Å². The van der Waals surface area contributed by atoms with E-state index in [-0.39, 0.29) is 18.3 Å². The highest BCUT2D eigenvalue weighted by atomic mass is 19.1. The summed E-state index contributed by atoms with van der Waals surface area (Å²) < 4.78 is 20.7. The van der Waals surface area contributed by atoms with E-state index in [0.717, 1.165) is 23.7 Å². The minimum atomic E-state index is -1.77. The van der Waals surface area contributed by atoms with Gasteiger partial charge in [0.25, 0.3) is 11.8 Å². The smallest absolute Gasteiger partial charge is 0.266 e. The lowest BCUT2D eigenvalue weighted by molar-refractivity contribution is 0.0152. The molecule has 5 rings (SSSR count). The maximum atomic E-state index is 15.5. The number of carbonyl (C=O) groups excluding carboxylic acids is 1. The molecule has 1 amide bonds. The normalized spacial score (nSPS) is 23.5. The molecule has 3 aromatic rings. The third-order valence-corrected chi connectivity index (χ3v) is 5.30. The summed E-state index contributed by atoms with van der Waals surface area (Å²) in [4.78, 5) is 21.8. The third-order valence-electron chi connectivity index (χ3n) is 5.30. The van der Waals surface area contributed by atoms with Crippen LogP contribution in [0.15, 0.2) is 35.0 Å². The Hall–Kier alpha value is -2.70. The van der Waals surface area contributed by atoms with Gasteiger partial charge in [0.15, 0.2) is 5.82 Å². The van der Waals surface area contributed by atoms with E-state index in [1.54, 1.807) is 11.0 Å². The molecule has 2 aromatic heterocycles. The van der Waals surface area contributed by atoms with Crippen molar-refractivity contribution in [3.63, 3.8) is 0 Å². The van der Waals surface area contributed by atoms with Crippen LogP contribution in [0.2, 0.25) is 0 Å². The summed E-state index contributed by atoms with van der Waals surface area (Å²) in [7, 11) is 0. The maximum absolute atomic E-state index is 15.5. The Morgan fingerprint density at radius 3 is 3.08 bits per heavy atom. The van der Waals surface area contributed by atoms with Crippen molar-refractivity contribution in [1.82, 2.24) is 20.0 Å². The summed E-state index contributed by atoms with van der Waals surface area (Å²) in [5.74, 6) is 0.740. The minimum Gasteiger partial charge on any atom is -0.361 e. The lowest BCUT2D eigenvalue weighted by atomic mass is 9.94. The molecule has 1 saturated heterocycles. The number of likely N-dealkylation sites (tertiary alicyclic amines) is 1. The molecule has 1 aliphatic carbocycles. The van der Waals surface area contributed by atoms with E-state index in [1.165, 1.54) is 0 Å². The molecule has 1 aliphatic heterocycles. The first-order valence-corrected chi connectivity index (χ1v) is 9.02. The Kier molecular flexibility index (Phi) is 3.38. The monoisotopic (exact) mass is 354 g/mol. The molecule has 26 heavy (non-hydrogen) atoms. The first-order chi connectivity index (χ1) is 12.6. The van der Waals surface area contributed by atoms with E-state index in [2.05, 4.69) is 15.1 Å². The second kappa shape index (κ2) is 5.65. The average Bonchev–Trinajstić information content (AvgIpc) is 3.19. The number of aromatic amines is 1. The Balaban J connectivity index is 1.39. The number of aromatic nitrogens is 3. The molecular formula is C19H19FN4O2. The standard InChI is InChI=1S/C19H19FN4O2/c20-19(18-22-16(23-26-18)13-3-4-13)7-1-9-24(11-19)17(25)14-5-2-12-6-8-21-15(12)10-14/h2,5-6,8,10,13,21H,1,3-4,7,9,11H2. The van der Waals surface area contributed by atoms with Gasteiger partial charge in [0.1, 0.15) is 0 Å². The zero-order valence-corrected chi connectivity index (χ0v) is 14.2. The van der Waals surface area contributed by atoms with E-state index >= 15 is 4.39 Å². The molecule has 1 atom stereocenters. The molecule has 1 saturated carbocycles. The van der Waals surface area contributed by atoms with E-state index in [0.29, 0.717) is 36.7 Å². The summed E-state index contributed by atoms with van der Waals surface area (Å²) in [6.45, 7) is 0.470. The van der Waals surface area contributed by atoms with Crippen molar-refractivity contribution in [2.24, 2.45) is 0 Å². The van der Waals surface area contributed by atoms with Crippen LogP contribution in [0.25, 0.3) is 10.9 Å². The molecule has 1 unspecified atom stereocenters. The van der Waals surface area contributed by atoms with Gasteiger partial charge in [-0.1, -0.05) is 11.2 Å². The van der Waals surface area contributed by atoms with E-state index in [1.807, 2.05) is 24.4 Å². The van der Waals surface area contributed by atoms with Crippen LogP contribution < -0.4 is 0 Å². The molecule has 3 heterocycles. The number of halogens is 1. The molecule has 1 N–H and O–H groups in total. The fourth-order valence-electron chi connectivity index (χ4n) is 3.65. The molecule has 134 valence electrons. The van der Waals surface area contributed by atoms with Crippen molar-refractivity contribution in [1.29, 1.82) is 0 Å². The predicted octanol–water partition coefficient (Wildman–Crippen LogP) is 3.53. The van der Waals surface area contributed by atoms with E-state index < -0.39 is 5.67 Å². The van der Waals surface area contributed by atoms with Gasteiger partial charge in [0.05, 0.1) is 6.54 Å². The number of hydrogen-bond acceptors (Lipinski definition) is 4. The summed E-state index contributed by atoms with van der Waals surface area (Å²) in [6, 6.07) is 7.44. The van der Waals surface area contributed by atoms with Crippen LogP contribution in [0.5, 0.6) is 0 Å². The van der Waals surface area contributed by atoms with Crippen LogP contribution in [0, 0.1) is 0 Å². The highest BCUT2D eigenvalue weighted by molar-refractivity contribution is 5.98. The Labute approximate surface area is 149 Å². The Morgan fingerprint density at radius 1 is 1.35 bits per heavy atom. The fraction of sp³-hybridized carbons (Fsp3) is 0.421. The Morgan fingerprint density at radius 2 is 2.23 bits per heavy atom. The number of nitrogens with zero attached hydrogens (tertiary/aromatic N) is 3. The number of fused-ring (bicyclic) bond motifs is 1. The molecule has 0 spiro atoms. The number of H-pyrrole nitrogens is 1. The second-order valence-electron chi connectivity index (χ2n) is 7.31. The SMILES string of the molecule is O=C(c1ccc2cc[nH]c2c1)N1CCCC(F)(c2nc(C3CC3)no2)C1. The number of amides is 1. The lowest BCUT2D eigenvalue weighted by Gasteiger charge is -2.35. The van der Waals surface area contributed by atoms with Crippen molar-refractivity contribution in [3.8, 4) is 0 Å². The van der Waals surface area contributed by atoms with Crippen molar-refractivity contribution in [2.75, 3.05) is 13.1 Å². The highest BCUT2D eigenvalue weighted by Crippen LogP contribution is 2.41. The average molecular weight is 354 g/mol. The molecule has 7 heteroatoms. The van der Waals surface area contributed by atoms with Gasteiger partial charge in [-0.15, -0.1) is 0 Å². The van der Waals surface area contributed by atoms with Gasteiger partial charge in [0.2, 0.25) is 5.67 Å². The van der Waals surface area contributed by atoms with Crippen LogP contribution in [0.1, 0.15) is 53.7 Å². The molecule has 0 radical (unpaired) electrons. The zero-order valence-electron chi connectivity index (χ0n) is 14.2. The van der Waals surface area contributed by atoms with Gasteiger partial charge in [-0.3, -0.25) is 4.79 Å². The number of hydrogen-bond donors (Lipinski definition) is 1. The van der Waals surface area contributed by atoms with Crippen molar-refractivity contribution >= 4 is 16.8 Å². The molecular weight excluding hydrogens is 335 g/mol. The summed E-state index contributed by atoms with van der Waals surface area (Å²) in [5.41, 5.74) is -0.330. The number of rotatable bonds is 3. The van der Waals surface area contributed by atoms with Crippen molar-refractivity contribution in [2.45, 2.75) is 37.3 Å². The van der Waals surface area contributed by atoms with Crippen LogP contribution in [0.4, 0.5) is 4.39 Å². The number of alkyl halides is 1. The summed E-state index contributed by atoms with van der Waals surface area (Å²) >= 11 is 0. The minimum absolute atomic E-state index is 0.0109. The third kappa shape index (κ3) is 2.58. The molecule has 0 bridgehead atoms. The molecule has 1 aromatic carbocycles. The van der Waals surface area contributed by atoms with Crippen molar-refractivity contribution in [3.05, 3.63) is 47.7 Å². The first kappa shape index (κ1) is 15.5. The van der Waals surface area contributed by atoms with E-state index in [9.17, 15) is 4.79 Å². The second-order valence-corrected chi connectivity index (χ2v) is 7.31. The Bertz CT molecular complexity index is 977. The summed E-state index contributed by atoms with van der Waals surface area (Å²) in [5, 5.41) is 4.96. The number of nitrogens with one attached hydrogen (secondary N) is 1. The number of piperidine rings is 1. The van der Waals surface area contributed by atoms with Gasteiger partial charge >= 0.3 is 0 Å². The number of benzene rings is 1. The first-order valence-electron chi connectivity index (χ1n) is 9.02. The van der Waals surface area contributed by atoms with Gasteiger partial charge in [-0.25, -0.2) is 4.39 Å². The van der Waals surface area contributed by atoms with Gasteiger partial charge in [0, 0.05) is 29.7 Å². The largest absolute Gasteiger partial charge is 0.361 e. The zero-order chi connectivity index (χ0) is 17.7. The quantitative estimate of drug-likeness (QED) is 0.781. The highest BCUT2D eigenvalue weighted by Gasteiger charge is 2.44. The van der Waals surface area contributed by atoms with Gasteiger partial charge in [-0.05, 0) is 49.3 Å². The summed E-state index contributed by atoms with van der Waals surface area (Å²) in [6.07, 6.45) is 4.75. The van der Waals surface area contributed by atoms with E-state index in [4.69, 9.17) is 4.52 Å². The molecule has 2 aliphatic rings. The maximum Gasteiger partial charge on any atom is 0.266 e. The van der Waals surface area contributed by atoms with Crippen LogP contribution in [0.3, 0.4) is 0 Å². The molecule has 2 fully saturated rings. The van der Waals surface area contributed by atoms with Crippen LogP contribution >= 0.6 is 0 Å². The fourth-order valence-corrected chi connectivity index (χ4v) is 3.65. The van der Waals surface area contributed by atoms with Crippen molar-refractivity contribution < 1.29 is 13.7 Å². The molecule has 6 nitrogen and oxygen atoms in total.